The number of hydrogen-bond donors (Lipinski definition) is 2. The topological polar surface area (TPSA) is 58.2 Å². The lowest BCUT2D eigenvalue weighted by atomic mass is 10.2. The minimum atomic E-state index is -0.0413. The van der Waals surface area contributed by atoms with Crippen molar-refractivity contribution < 1.29 is 9.59 Å². The van der Waals surface area contributed by atoms with E-state index in [1.54, 1.807) is 12.1 Å². The van der Waals surface area contributed by atoms with Crippen molar-refractivity contribution in [2.24, 2.45) is 0 Å². The van der Waals surface area contributed by atoms with Crippen LogP contribution in [0.3, 0.4) is 0 Å². The highest BCUT2D eigenvalue weighted by atomic mass is 35.5. The van der Waals surface area contributed by atoms with Crippen LogP contribution in [0.1, 0.15) is 25.3 Å². The quantitative estimate of drug-likeness (QED) is 0.667. The summed E-state index contributed by atoms with van der Waals surface area (Å²) in [6, 6.07) is 14.9. The first-order chi connectivity index (χ1) is 12.1. The smallest absolute Gasteiger partial charge is 0.230 e. The molecule has 0 atom stereocenters. The molecule has 0 saturated carbocycles. The summed E-state index contributed by atoms with van der Waals surface area (Å²) in [4.78, 5) is 24.6. The Bertz CT molecular complexity index is 720. The Labute approximate surface area is 157 Å². The molecule has 0 unspecified atom stereocenters. The lowest BCUT2D eigenvalue weighted by Gasteiger charge is -2.08. The molecular weight excluding hydrogens is 356 g/mol. The van der Waals surface area contributed by atoms with Crippen LogP contribution in [0.25, 0.3) is 0 Å². The second-order valence-corrected chi connectivity index (χ2v) is 7.00. The average Bonchev–Trinajstić information content (AvgIpc) is 2.60. The Morgan fingerprint density at radius 1 is 1.08 bits per heavy atom. The highest BCUT2D eigenvalue weighted by molar-refractivity contribution is 8.00. The van der Waals surface area contributed by atoms with Crippen molar-refractivity contribution in [2.45, 2.75) is 31.2 Å². The van der Waals surface area contributed by atoms with Gasteiger partial charge in [-0.3, -0.25) is 9.59 Å². The number of amides is 2. The van der Waals surface area contributed by atoms with Crippen molar-refractivity contribution in [3.63, 3.8) is 0 Å². The third kappa shape index (κ3) is 7.20. The summed E-state index contributed by atoms with van der Waals surface area (Å²) in [5.74, 6) is 0.303. The summed E-state index contributed by atoms with van der Waals surface area (Å²) in [7, 11) is 0. The van der Waals surface area contributed by atoms with Crippen LogP contribution in [-0.2, 0) is 16.1 Å². The third-order valence-corrected chi connectivity index (χ3v) is 4.63. The second kappa shape index (κ2) is 10.1. The molecule has 2 amide bonds. The number of halogens is 1. The van der Waals surface area contributed by atoms with Gasteiger partial charge in [0.2, 0.25) is 11.8 Å². The van der Waals surface area contributed by atoms with E-state index < -0.39 is 0 Å². The van der Waals surface area contributed by atoms with Crippen LogP contribution in [0.15, 0.2) is 53.4 Å². The lowest BCUT2D eigenvalue weighted by molar-refractivity contribution is -0.119. The molecule has 0 radical (unpaired) electrons. The van der Waals surface area contributed by atoms with E-state index in [9.17, 15) is 9.59 Å². The van der Waals surface area contributed by atoms with Crippen molar-refractivity contribution in [1.82, 2.24) is 5.32 Å². The Morgan fingerprint density at radius 3 is 2.56 bits per heavy atom. The fourth-order valence-corrected chi connectivity index (χ4v) is 3.00. The third-order valence-electron chi connectivity index (χ3n) is 3.36. The first-order valence-corrected chi connectivity index (χ1v) is 9.47. The molecular formula is C19H21ClN2O2S. The summed E-state index contributed by atoms with van der Waals surface area (Å²) in [5, 5.41) is 6.42. The fraction of sp³-hybridized carbons (Fsp3) is 0.263. The van der Waals surface area contributed by atoms with E-state index in [1.807, 2.05) is 43.3 Å². The van der Waals surface area contributed by atoms with Crippen molar-refractivity contribution in [3.05, 3.63) is 59.1 Å². The SMILES string of the molecule is CCCC(=O)Nc1cccc(CNC(=O)CSc2ccc(Cl)cc2)c1. The molecule has 0 spiro atoms. The maximum atomic E-state index is 12.0. The number of rotatable bonds is 8. The molecule has 4 nitrogen and oxygen atoms in total. The summed E-state index contributed by atoms with van der Waals surface area (Å²) in [5.41, 5.74) is 1.69. The summed E-state index contributed by atoms with van der Waals surface area (Å²) >= 11 is 7.30. The number of nitrogens with one attached hydrogen (secondary N) is 2. The van der Waals surface area contributed by atoms with E-state index in [-0.39, 0.29) is 11.8 Å². The molecule has 2 aromatic rings. The minimum Gasteiger partial charge on any atom is -0.351 e. The van der Waals surface area contributed by atoms with E-state index in [2.05, 4.69) is 10.6 Å². The molecule has 2 rings (SSSR count). The van der Waals surface area contributed by atoms with Crippen molar-refractivity contribution >= 4 is 40.9 Å². The monoisotopic (exact) mass is 376 g/mol. The standard InChI is InChI=1S/C19H21ClN2O2S/c1-2-4-18(23)22-16-6-3-5-14(11-16)12-21-19(24)13-25-17-9-7-15(20)8-10-17/h3,5-11H,2,4,12-13H2,1H3,(H,21,24)(H,22,23). The Kier molecular flexibility index (Phi) is 7.82. The van der Waals surface area contributed by atoms with Crippen molar-refractivity contribution in [2.75, 3.05) is 11.1 Å². The predicted molar refractivity (Wildman–Crippen MR) is 104 cm³/mol. The Morgan fingerprint density at radius 2 is 1.84 bits per heavy atom. The zero-order chi connectivity index (χ0) is 18.1. The minimum absolute atomic E-state index is 0.00282. The van der Waals surface area contributed by atoms with Crippen LogP contribution < -0.4 is 10.6 Å². The molecule has 132 valence electrons. The lowest BCUT2D eigenvalue weighted by Crippen LogP contribution is -2.24. The van der Waals surface area contributed by atoms with Gasteiger partial charge in [0.1, 0.15) is 0 Å². The van der Waals surface area contributed by atoms with Gasteiger partial charge in [0, 0.05) is 28.6 Å². The van der Waals surface area contributed by atoms with Gasteiger partial charge in [-0.05, 0) is 48.4 Å². The van der Waals surface area contributed by atoms with Gasteiger partial charge in [0.25, 0.3) is 0 Å². The van der Waals surface area contributed by atoms with Crippen LogP contribution in [-0.4, -0.2) is 17.6 Å². The van der Waals surface area contributed by atoms with Crippen LogP contribution >= 0.6 is 23.4 Å². The average molecular weight is 377 g/mol. The molecule has 0 bridgehead atoms. The fourth-order valence-electron chi connectivity index (χ4n) is 2.14. The van der Waals surface area contributed by atoms with Crippen LogP contribution in [0.2, 0.25) is 5.02 Å². The highest BCUT2D eigenvalue weighted by Gasteiger charge is 2.05. The predicted octanol–water partition coefficient (Wildman–Crippen LogP) is 4.49. The van der Waals surface area contributed by atoms with E-state index in [0.29, 0.717) is 23.7 Å². The molecule has 0 aliphatic carbocycles. The molecule has 6 heteroatoms. The van der Waals surface area contributed by atoms with Gasteiger partial charge < -0.3 is 10.6 Å². The highest BCUT2D eigenvalue weighted by Crippen LogP contribution is 2.20. The molecule has 25 heavy (non-hydrogen) atoms. The molecule has 0 heterocycles. The van der Waals surface area contributed by atoms with Crippen molar-refractivity contribution in [3.8, 4) is 0 Å². The van der Waals surface area contributed by atoms with Gasteiger partial charge in [-0.25, -0.2) is 0 Å². The summed E-state index contributed by atoms with van der Waals surface area (Å²) < 4.78 is 0. The van der Waals surface area contributed by atoms with Gasteiger partial charge in [0.05, 0.1) is 5.75 Å². The molecule has 0 fully saturated rings. The molecule has 0 saturated heterocycles. The molecule has 0 aromatic heterocycles. The van der Waals surface area contributed by atoms with Gasteiger partial charge in [0.15, 0.2) is 0 Å². The van der Waals surface area contributed by atoms with Crippen LogP contribution in [0, 0.1) is 0 Å². The van der Waals surface area contributed by atoms with Gasteiger partial charge in [-0.1, -0.05) is 30.7 Å². The van der Waals surface area contributed by atoms with E-state index >= 15 is 0 Å². The number of carbonyl (C=O) groups excluding carboxylic acids is 2. The maximum Gasteiger partial charge on any atom is 0.230 e. The van der Waals surface area contributed by atoms with Gasteiger partial charge in [-0.2, -0.15) is 0 Å². The van der Waals surface area contributed by atoms with Gasteiger partial charge >= 0.3 is 0 Å². The van der Waals surface area contributed by atoms with E-state index in [1.165, 1.54) is 11.8 Å². The summed E-state index contributed by atoms with van der Waals surface area (Å²) in [6.45, 7) is 2.39. The first kappa shape index (κ1) is 19.3. The maximum absolute atomic E-state index is 12.0. The first-order valence-electron chi connectivity index (χ1n) is 8.10. The Balaban J connectivity index is 1.79. The molecule has 2 N–H and O–H groups in total. The molecule has 2 aromatic carbocycles. The number of hydrogen-bond acceptors (Lipinski definition) is 3. The Hall–Kier alpha value is -1.98. The zero-order valence-corrected chi connectivity index (χ0v) is 15.6. The summed E-state index contributed by atoms with van der Waals surface area (Å²) in [6.07, 6.45) is 1.32. The van der Waals surface area contributed by atoms with Gasteiger partial charge in [-0.15, -0.1) is 11.8 Å². The number of anilines is 1. The normalized spacial score (nSPS) is 10.3. The van der Waals surface area contributed by atoms with E-state index in [0.717, 1.165) is 22.6 Å². The number of thioether (sulfide) groups is 1. The number of carbonyl (C=O) groups is 2. The second-order valence-electron chi connectivity index (χ2n) is 5.52. The van der Waals surface area contributed by atoms with E-state index in [4.69, 9.17) is 11.6 Å². The van der Waals surface area contributed by atoms with Crippen molar-refractivity contribution in [1.29, 1.82) is 0 Å². The zero-order valence-electron chi connectivity index (χ0n) is 14.0. The number of benzene rings is 2. The van der Waals surface area contributed by atoms with Crippen LogP contribution in [0.5, 0.6) is 0 Å². The largest absolute Gasteiger partial charge is 0.351 e. The van der Waals surface area contributed by atoms with Crippen LogP contribution in [0.4, 0.5) is 5.69 Å². The molecule has 0 aliphatic heterocycles. The molecule has 0 aliphatic rings.